The van der Waals surface area contributed by atoms with Crippen molar-refractivity contribution in [3.05, 3.63) is 39.6 Å². The minimum Gasteiger partial charge on any atom is -0.381 e. The Balaban J connectivity index is 2.15. The van der Waals surface area contributed by atoms with Gasteiger partial charge in [0.2, 0.25) is 0 Å². The first kappa shape index (κ1) is 19.2. The molecule has 2 rings (SSSR count). The maximum Gasteiger partial charge on any atom is 0.293 e. The number of aryl methyl sites for hydroxylation is 1. The summed E-state index contributed by atoms with van der Waals surface area (Å²) in [4.78, 5) is 12.3. The molecule has 0 atom stereocenters. The van der Waals surface area contributed by atoms with Crippen molar-refractivity contribution in [2.75, 3.05) is 30.5 Å². The number of H-pyrrole nitrogens is 1. The summed E-state index contributed by atoms with van der Waals surface area (Å²) >= 11 is 0. The Kier molecular flexibility index (Phi) is 5.47. The molecule has 138 valence electrons. The van der Waals surface area contributed by atoms with E-state index >= 15 is 0 Å². The van der Waals surface area contributed by atoms with E-state index in [-0.39, 0.29) is 16.4 Å². The lowest BCUT2D eigenvalue weighted by molar-refractivity contribution is -0.384. The van der Waals surface area contributed by atoms with Gasteiger partial charge >= 0.3 is 0 Å². The van der Waals surface area contributed by atoms with Crippen molar-refractivity contribution in [1.29, 1.82) is 5.26 Å². The first-order valence-corrected chi connectivity index (χ1v) is 9.46. The Morgan fingerprint density at radius 2 is 2.15 bits per heavy atom. The third-order valence-corrected chi connectivity index (χ3v) is 4.99. The topological polar surface area (TPSA) is 159 Å². The lowest BCUT2D eigenvalue weighted by Gasteiger charge is -2.19. The molecule has 1 aromatic carbocycles. The van der Waals surface area contributed by atoms with Gasteiger partial charge in [-0.15, -0.1) is 0 Å². The number of nitro groups is 1. The van der Waals surface area contributed by atoms with Gasteiger partial charge in [-0.1, -0.05) is 0 Å². The van der Waals surface area contributed by atoms with E-state index in [0.29, 0.717) is 36.3 Å². The number of nitrogens with two attached hydrogens (primary N) is 1. The molecular formula is C15H18N6O4S. The first-order valence-electron chi connectivity index (χ1n) is 7.57. The molecule has 0 bridgehead atoms. The highest BCUT2D eigenvalue weighted by molar-refractivity contribution is 7.90. The van der Waals surface area contributed by atoms with E-state index in [1.165, 1.54) is 12.1 Å². The number of aromatic amines is 1. The van der Waals surface area contributed by atoms with Crippen molar-refractivity contribution in [3.8, 4) is 6.07 Å². The van der Waals surface area contributed by atoms with Crippen molar-refractivity contribution in [2.45, 2.75) is 17.7 Å². The normalized spacial score (nSPS) is 11.1. The number of nitrogens with zero attached hydrogens (tertiary/aromatic N) is 4. The van der Waals surface area contributed by atoms with E-state index in [0.717, 1.165) is 12.3 Å². The lowest BCUT2D eigenvalue weighted by atomic mass is 10.1. The summed E-state index contributed by atoms with van der Waals surface area (Å²) in [5.41, 5.74) is 6.52. The molecule has 0 aliphatic rings. The SMILES string of the molecule is CN(CCCc1[nH]nc(N)c1C#N)c1ccc(S(C)(=O)=O)cc1[N+](=O)[O-]. The van der Waals surface area contributed by atoms with Gasteiger partial charge in [-0.2, -0.15) is 10.4 Å². The predicted molar refractivity (Wildman–Crippen MR) is 95.5 cm³/mol. The first-order chi connectivity index (χ1) is 12.1. The lowest BCUT2D eigenvalue weighted by Crippen LogP contribution is -2.20. The average Bonchev–Trinajstić information content (AvgIpc) is 2.93. The molecule has 0 spiro atoms. The van der Waals surface area contributed by atoms with Gasteiger partial charge in [-0.3, -0.25) is 15.2 Å². The molecule has 26 heavy (non-hydrogen) atoms. The van der Waals surface area contributed by atoms with E-state index in [1.54, 1.807) is 11.9 Å². The summed E-state index contributed by atoms with van der Waals surface area (Å²) in [6.45, 7) is 0.447. The molecule has 0 aliphatic heterocycles. The van der Waals surface area contributed by atoms with Crippen molar-refractivity contribution < 1.29 is 13.3 Å². The summed E-state index contributed by atoms with van der Waals surface area (Å²) in [7, 11) is -1.86. The molecular weight excluding hydrogens is 360 g/mol. The molecule has 1 heterocycles. The molecule has 0 fully saturated rings. The van der Waals surface area contributed by atoms with Crippen molar-refractivity contribution in [2.24, 2.45) is 0 Å². The standard InChI is InChI=1S/C15H18N6O4S/c1-20(7-3-4-12-11(9-16)15(17)19-18-12)13-6-5-10(26(2,24)25)8-14(13)21(22)23/h5-6,8H,3-4,7H2,1-2H3,(H3,17,18,19). The average molecular weight is 378 g/mol. The molecule has 2 aromatic rings. The molecule has 0 saturated heterocycles. The summed E-state index contributed by atoms with van der Waals surface area (Å²) in [6, 6.07) is 5.80. The molecule has 0 amide bonds. The highest BCUT2D eigenvalue weighted by Crippen LogP contribution is 2.30. The Morgan fingerprint density at radius 3 is 2.73 bits per heavy atom. The van der Waals surface area contributed by atoms with Crippen LogP contribution in [0.25, 0.3) is 0 Å². The zero-order valence-electron chi connectivity index (χ0n) is 14.3. The van der Waals surface area contributed by atoms with Crippen LogP contribution >= 0.6 is 0 Å². The Labute approximate surface area is 150 Å². The Morgan fingerprint density at radius 1 is 1.46 bits per heavy atom. The van der Waals surface area contributed by atoms with Crippen molar-refractivity contribution >= 4 is 27.0 Å². The number of nitrogens with one attached hydrogen (secondary N) is 1. The van der Waals surface area contributed by atoms with E-state index < -0.39 is 14.8 Å². The van der Waals surface area contributed by atoms with Gasteiger partial charge in [0.25, 0.3) is 5.69 Å². The van der Waals surface area contributed by atoms with E-state index in [2.05, 4.69) is 10.2 Å². The summed E-state index contributed by atoms with van der Waals surface area (Å²) in [5, 5.41) is 26.8. The number of nitrogen functional groups attached to an aromatic ring is 1. The number of sulfone groups is 1. The van der Waals surface area contributed by atoms with Crippen LogP contribution < -0.4 is 10.6 Å². The van der Waals surface area contributed by atoms with E-state index in [9.17, 15) is 18.5 Å². The van der Waals surface area contributed by atoms with Crippen molar-refractivity contribution in [1.82, 2.24) is 10.2 Å². The third kappa shape index (κ3) is 4.09. The second-order valence-corrected chi connectivity index (χ2v) is 7.79. The minimum atomic E-state index is -3.54. The molecule has 10 nitrogen and oxygen atoms in total. The summed E-state index contributed by atoms with van der Waals surface area (Å²) in [6.07, 6.45) is 2.07. The fourth-order valence-electron chi connectivity index (χ4n) is 2.52. The smallest absolute Gasteiger partial charge is 0.293 e. The number of hydrogen-bond acceptors (Lipinski definition) is 8. The fraction of sp³-hybridized carbons (Fsp3) is 0.333. The number of rotatable bonds is 7. The fourth-order valence-corrected chi connectivity index (χ4v) is 3.16. The number of aromatic nitrogens is 2. The molecule has 11 heteroatoms. The van der Waals surface area contributed by atoms with Gasteiger partial charge in [-0.05, 0) is 25.0 Å². The maximum atomic E-state index is 11.6. The Hall–Kier alpha value is -3.13. The van der Waals surface area contributed by atoms with Crippen LogP contribution in [0.15, 0.2) is 23.1 Å². The molecule has 0 saturated carbocycles. The Bertz CT molecular complexity index is 977. The zero-order valence-corrected chi connectivity index (χ0v) is 15.1. The van der Waals surface area contributed by atoms with Crippen LogP contribution in [0.1, 0.15) is 17.7 Å². The predicted octanol–water partition coefficient (Wildman–Crippen LogP) is 1.24. The van der Waals surface area contributed by atoms with E-state index in [4.69, 9.17) is 11.0 Å². The third-order valence-electron chi connectivity index (χ3n) is 3.88. The molecule has 0 radical (unpaired) electrons. The molecule has 1 aromatic heterocycles. The zero-order chi connectivity index (χ0) is 19.5. The number of hydrogen-bond donors (Lipinski definition) is 2. The minimum absolute atomic E-state index is 0.104. The highest BCUT2D eigenvalue weighted by Gasteiger charge is 2.21. The molecule has 3 N–H and O–H groups in total. The molecule has 0 aliphatic carbocycles. The van der Waals surface area contributed by atoms with E-state index in [1.807, 2.05) is 6.07 Å². The van der Waals surface area contributed by atoms with Crippen LogP contribution in [-0.4, -0.2) is 43.4 Å². The van der Waals surface area contributed by atoms with Crippen LogP contribution in [0.4, 0.5) is 17.2 Å². The van der Waals surface area contributed by atoms with Gasteiger partial charge in [0.15, 0.2) is 15.7 Å². The van der Waals surface area contributed by atoms with Crippen LogP contribution in [0.5, 0.6) is 0 Å². The number of nitro benzene ring substituents is 1. The number of nitriles is 1. The van der Waals surface area contributed by atoms with Crippen molar-refractivity contribution in [3.63, 3.8) is 0 Å². The van der Waals surface area contributed by atoms with Gasteiger partial charge in [0, 0.05) is 25.9 Å². The van der Waals surface area contributed by atoms with Gasteiger partial charge in [-0.25, -0.2) is 8.42 Å². The summed E-state index contributed by atoms with van der Waals surface area (Å²) < 4.78 is 23.2. The van der Waals surface area contributed by atoms with Gasteiger partial charge < -0.3 is 10.6 Å². The van der Waals surface area contributed by atoms with Crippen LogP contribution in [-0.2, 0) is 16.3 Å². The van der Waals surface area contributed by atoms with Gasteiger partial charge in [0.1, 0.15) is 17.3 Å². The maximum absolute atomic E-state index is 11.6. The highest BCUT2D eigenvalue weighted by atomic mass is 32.2. The second-order valence-electron chi connectivity index (χ2n) is 5.78. The van der Waals surface area contributed by atoms with Crippen LogP contribution in [0.2, 0.25) is 0 Å². The number of benzene rings is 1. The van der Waals surface area contributed by atoms with Gasteiger partial charge in [0.05, 0.1) is 15.5 Å². The van der Waals surface area contributed by atoms with Crippen LogP contribution in [0, 0.1) is 21.4 Å². The summed E-state index contributed by atoms with van der Waals surface area (Å²) in [5.74, 6) is 0.142. The number of anilines is 2. The quantitative estimate of drug-likeness (QED) is 0.537. The monoisotopic (exact) mass is 378 g/mol. The molecule has 0 unspecified atom stereocenters. The largest absolute Gasteiger partial charge is 0.381 e. The van der Waals surface area contributed by atoms with Crippen LogP contribution in [0.3, 0.4) is 0 Å². The second kappa shape index (κ2) is 7.40.